The van der Waals surface area contributed by atoms with Crippen molar-refractivity contribution in [2.75, 3.05) is 20.3 Å². The van der Waals surface area contributed by atoms with Crippen LogP contribution in [0.25, 0.3) is 11.3 Å². The first-order chi connectivity index (χ1) is 13.2. The van der Waals surface area contributed by atoms with E-state index in [1.54, 1.807) is 19.2 Å². The van der Waals surface area contributed by atoms with Gasteiger partial charge >= 0.3 is 0 Å². The molecule has 0 saturated carbocycles. The number of benzene rings is 2. The van der Waals surface area contributed by atoms with Crippen molar-refractivity contribution in [2.45, 2.75) is 6.54 Å². The Bertz CT molecular complexity index is 893. The number of H-pyrrole nitrogens is 1. The molecule has 2 N–H and O–H groups in total. The summed E-state index contributed by atoms with van der Waals surface area (Å²) in [6.45, 7) is 1.38. The van der Waals surface area contributed by atoms with Crippen LogP contribution in [0.2, 0.25) is 5.02 Å². The van der Waals surface area contributed by atoms with Gasteiger partial charge in [0.2, 0.25) is 0 Å². The van der Waals surface area contributed by atoms with Gasteiger partial charge in [-0.25, -0.2) is 0 Å². The summed E-state index contributed by atoms with van der Waals surface area (Å²) in [4.78, 5) is 12.6. The van der Waals surface area contributed by atoms with Gasteiger partial charge < -0.3 is 14.8 Å². The number of carbonyl (C=O) groups excluding carboxylic acids is 1. The SMILES string of the molecule is COCCOc1cccc(CNC(=O)c2cn[nH]c2-c2ccc(Cl)cc2)c1. The van der Waals surface area contributed by atoms with Gasteiger partial charge in [0.15, 0.2) is 0 Å². The van der Waals surface area contributed by atoms with Crippen molar-refractivity contribution in [3.8, 4) is 17.0 Å². The monoisotopic (exact) mass is 385 g/mol. The van der Waals surface area contributed by atoms with Gasteiger partial charge in [-0.3, -0.25) is 9.89 Å². The van der Waals surface area contributed by atoms with E-state index in [4.69, 9.17) is 21.1 Å². The first kappa shape index (κ1) is 18.9. The number of aromatic nitrogens is 2. The predicted molar refractivity (Wildman–Crippen MR) is 104 cm³/mol. The number of hydrogen-bond donors (Lipinski definition) is 2. The average Bonchev–Trinajstić information content (AvgIpc) is 3.17. The number of hydrogen-bond acceptors (Lipinski definition) is 4. The number of nitrogens with one attached hydrogen (secondary N) is 2. The van der Waals surface area contributed by atoms with Crippen molar-refractivity contribution in [3.63, 3.8) is 0 Å². The van der Waals surface area contributed by atoms with Crippen LogP contribution in [0.4, 0.5) is 0 Å². The Balaban J connectivity index is 1.64. The van der Waals surface area contributed by atoms with Gasteiger partial charge in [0.25, 0.3) is 5.91 Å². The van der Waals surface area contributed by atoms with Crippen LogP contribution >= 0.6 is 11.6 Å². The molecule has 0 unspecified atom stereocenters. The molecule has 0 radical (unpaired) electrons. The van der Waals surface area contributed by atoms with Gasteiger partial charge in [-0.1, -0.05) is 35.9 Å². The van der Waals surface area contributed by atoms with Gasteiger partial charge in [-0.2, -0.15) is 5.10 Å². The van der Waals surface area contributed by atoms with Crippen molar-refractivity contribution in [1.29, 1.82) is 0 Å². The maximum Gasteiger partial charge on any atom is 0.255 e. The zero-order chi connectivity index (χ0) is 19.1. The molecule has 0 aliphatic carbocycles. The normalized spacial score (nSPS) is 10.6. The van der Waals surface area contributed by atoms with Gasteiger partial charge in [-0.15, -0.1) is 0 Å². The fourth-order valence-electron chi connectivity index (χ4n) is 2.56. The van der Waals surface area contributed by atoms with Crippen LogP contribution in [0, 0.1) is 0 Å². The lowest BCUT2D eigenvalue weighted by molar-refractivity contribution is 0.0951. The Kier molecular flexibility index (Phi) is 6.46. The smallest absolute Gasteiger partial charge is 0.255 e. The Morgan fingerprint density at radius 2 is 2.00 bits per heavy atom. The van der Waals surface area contributed by atoms with Crippen molar-refractivity contribution in [3.05, 3.63) is 70.9 Å². The minimum Gasteiger partial charge on any atom is -0.491 e. The van der Waals surface area contributed by atoms with E-state index in [1.807, 2.05) is 36.4 Å². The molecule has 140 valence electrons. The topological polar surface area (TPSA) is 76.2 Å². The van der Waals surface area contributed by atoms with Gasteiger partial charge in [0.1, 0.15) is 12.4 Å². The summed E-state index contributed by atoms with van der Waals surface area (Å²) in [6, 6.07) is 14.8. The van der Waals surface area contributed by atoms with Crippen molar-refractivity contribution in [1.82, 2.24) is 15.5 Å². The standard InChI is InChI=1S/C20H20ClN3O3/c1-26-9-10-27-17-4-2-3-14(11-17)12-22-20(25)18-13-23-24-19(18)15-5-7-16(21)8-6-15/h2-8,11,13H,9-10,12H2,1H3,(H,22,25)(H,23,24). The third-order valence-corrected chi connectivity index (χ3v) is 4.18. The highest BCUT2D eigenvalue weighted by atomic mass is 35.5. The predicted octanol–water partition coefficient (Wildman–Crippen LogP) is 3.69. The molecule has 27 heavy (non-hydrogen) atoms. The number of methoxy groups -OCH3 is 1. The lowest BCUT2D eigenvalue weighted by atomic mass is 10.1. The second-order valence-electron chi connectivity index (χ2n) is 5.84. The van der Waals surface area contributed by atoms with Crippen molar-refractivity contribution < 1.29 is 14.3 Å². The minimum absolute atomic E-state index is 0.209. The van der Waals surface area contributed by atoms with E-state index >= 15 is 0 Å². The van der Waals surface area contributed by atoms with Crippen LogP contribution < -0.4 is 10.1 Å². The largest absolute Gasteiger partial charge is 0.491 e. The third-order valence-electron chi connectivity index (χ3n) is 3.92. The summed E-state index contributed by atoms with van der Waals surface area (Å²) < 4.78 is 10.6. The van der Waals surface area contributed by atoms with E-state index in [0.717, 1.165) is 16.9 Å². The third kappa shape index (κ3) is 5.09. The lowest BCUT2D eigenvalue weighted by Gasteiger charge is -2.09. The highest BCUT2D eigenvalue weighted by Gasteiger charge is 2.15. The quantitative estimate of drug-likeness (QED) is 0.580. The first-order valence-electron chi connectivity index (χ1n) is 8.45. The highest BCUT2D eigenvalue weighted by Crippen LogP contribution is 2.23. The Labute approximate surface area is 162 Å². The molecule has 1 aromatic heterocycles. The molecule has 3 rings (SSSR count). The molecule has 1 amide bonds. The molecule has 0 spiro atoms. The Hall–Kier alpha value is -2.83. The van der Waals surface area contributed by atoms with Crippen LogP contribution in [0.1, 0.15) is 15.9 Å². The maximum atomic E-state index is 12.6. The molecular formula is C20H20ClN3O3. The van der Waals surface area contributed by atoms with Gasteiger partial charge in [-0.05, 0) is 29.8 Å². The van der Waals surface area contributed by atoms with E-state index in [0.29, 0.717) is 36.0 Å². The summed E-state index contributed by atoms with van der Waals surface area (Å²) in [5.74, 6) is 0.531. The van der Waals surface area contributed by atoms with Gasteiger partial charge in [0.05, 0.1) is 24.1 Å². The number of nitrogens with zero attached hydrogens (tertiary/aromatic N) is 1. The zero-order valence-electron chi connectivity index (χ0n) is 14.9. The molecular weight excluding hydrogens is 366 g/mol. The Morgan fingerprint density at radius 1 is 1.19 bits per heavy atom. The number of halogens is 1. The summed E-state index contributed by atoms with van der Waals surface area (Å²) in [6.07, 6.45) is 1.52. The summed E-state index contributed by atoms with van der Waals surface area (Å²) in [5.41, 5.74) is 2.91. The molecule has 6 nitrogen and oxygen atoms in total. The zero-order valence-corrected chi connectivity index (χ0v) is 15.6. The number of carbonyl (C=O) groups is 1. The minimum atomic E-state index is -0.209. The number of aromatic amines is 1. The molecule has 0 fully saturated rings. The maximum absolute atomic E-state index is 12.6. The van der Waals surface area contributed by atoms with Gasteiger partial charge in [0, 0.05) is 24.2 Å². The fraction of sp³-hybridized carbons (Fsp3) is 0.200. The molecule has 0 aliphatic rings. The number of rotatable bonds is 8. The van der Waals surface area contributed by atoms with Crippen LogP contribution in [0.3, 0.4) is 0 Å². The second-order valence-corrected chi connectivity index (χ2v) is 6.27. The molecule has 0 aliphatic heterocycles. The van der Waals surface area contributed by atoms with Crippen LogP contribution in [0.15, 0.2) is 54.7 Å². The summed E-state index contributed by atoms with van der Waals surface area (Å²) in [5, 5.41) is 10.4. The molecule has 0 atom stereocenters. The fourth-order valence-corrected chi connectivity index (χ4v) is 2.69. The summed E-state index contributed by atoms with van der Waals surface area (Å²) >= 11 is 5.92. The lowest BCUT2D eigenvalue weighted by Crippen LogP contribution is -2.23. The second kappa shape index (κ2) is 9.21. The summed E-state index contributed by atoms with van der Waals surface area (Å²) in [7, 11) is 1.63. The molecule has 3 aromatic rings. The van der Waals surface area contributed by atoms with Crippen LogP contribution in [-0.4, -0.2) is 36.4 Å². The van der Waals surface area contributed by atoms with Crippen LogP contribution in [-0.2, 0) is 11.3 Å². The number of amides is 1. The molecule has 0 saturated heterocycles. The molecule has 1 heterocycles. The van der Waals surface area contributed by atoms with Crippen molar-refractivity contribution in [2.24, 2.45) is 0 Å². The van der Waals surface area contributed by atoms with E-state index in [1.165, 1.54) is 6.20 Å². The molecule has 0 bridgehead atoms. The average molecular weight is 386 g/mol. The van der Waals surface area contributed by atoms with Crippen LogP contribution in [0.5, 0.6) is 5.75 Å². The van der Waals surface area contributed by atoms with E-state index in [9.17, 15) is 4.79 Å². The molecule has 2 aromatic carbocycles. The van der Waals surface area contributed by atoms with E-state index in [-0.39, 0.29) is 5.91 Å². The Morgan fingerprint density at radius 3 is 2.78 bits per heavy atom. The van der Waals surface area contributed by atoms with E-state index in [2.05, 4.69) is 15.5 Å². The van der Waals surface area contributed by atoms with Crippen molar-refractivity contribution >= 4 is 17.5 Å². The first-order valence-corrected chi connectivity index (χ1v) is 8.83. The molecule has 7 heteroatoms. The highest BCUT2D eigenvalue weighted by molar-refractivity contribution is 6.30. The van der Waals surface area contributed by atoms with E-state index < -0.39 is 0 Å². The number of ether oxygens (including phenoxy) is 2.